The fraction of sp³-hybridized carbons (Fsp3) is 0.462. The van der Waals surface area contributed by atoms with E-state index in [0.717, 1.165) is 24.6 Å². The Hall–Kier alpha value is -1.59. The summed E-state index contributed by atoms with van der Waals surface area (Å²) in [6, 6.07) is 8.05. The molecule has 0 fully saturated rings. The van der Waals surface area contributed by atoms with Gasteiger partial charge in [0.25, 0.3) is 0 Å². The first-order chi connectivity index (χ1) is 8.83. The van der Waals surface area contributed by atoms with Crippen LogP contribution in [0.25, 0.3) is 0 Å². The first-order valence-electron chi connectivity index (χ1n) is 5.99. The zero-order valence-corrected chi connectivity index (χ0v) is 10.4. The molecule has 2 rings (SSSR count). The van der Waals surface area contributed by atoms with Gasteiger partial charge < -0.3 is 9.84 Å². The molecule has 1 aliphatic heterocycles. The van der Waals surface area contributed by atoms with E-state index in [9.17, 15) is 0 Å². The van der Waals surface area contributed by atoms with E-state index in [-0.39, 0.29) is 13.2 Å². The van der Waals surface area contributed by atoms with Crippen molar-refractivity contribution >= 4 is 5.84 Å². The van der Waals surface area contributed by atoms with E-state index < -0.39 is 0 Å². The highest BCUT2D eigenvalue weighted by molar-refractivity contribution is 5.83. The lowest BCUT2D eigenvalue weighted by atomic mass is 9.97. The van der Waals surface area contributed by atoms with Crippen molar-refractivity contribution in [3.05, 3.63) is 29.8 Å². The van der Waals surface area contributed by atoms with E-state index in [0.29, 0.717) is 5.92 Å². The Morgan fingerprint density at radius 2 is 2.17 bits per heavy atom. The number of ether oxygens (including phenoxy) is 1. The van der Waals surface area contributed by atoms with Crippen molar-refractivity contribution in [1.29, 1.82) is 0 Å². The molecule has 0 amide bonds. The average molecular weight is 250 g/mol. The third-order valence-corrected chi connectivity index (χ3v) is 2.91. The lowest BCUT2D eigenvalue weighted by molar-refractivity contribution is 0.0525. The highest BCUT2D eigenvalue weighted by atomic mass is 16.6. The topological polar surface area (TPSA) is 63.1 Å². The lowest BCUT2D eigenvalue weighted by Crippen LogP contribution is -2.24. The number of rotatable bonds is 5. The summed E-state index contributed by atoms with van der Waals surface area (Å²) in [5.74, 6) is 2.09. The molecule has 1 aliphatic rings. The highest BCUT2D eigenvalue weighted by Gasteiger charge is 2.20. The number of aliphatic imine (C=N–C) groups is 1. The van der Waals surface area contributed by atoms with Gasteiger partial charge in [0.15, 0.2) is 0 Å². The van der Waals surface area contributed by atoms with Crippen LogP contribution in [0.3, 0.4) is 0 Å². The van der Waals surface area contributed by atoms with Crippen LogP contribution >= 0.6 is 0 Å². The molecule has 0 saturated carbocycles. The first kappa shape index (κ1) is 12.9. The third-order valence-electron chi connectivity index (χ3n) is 2.91. The van der Waals surface area contributed by atoms with Gasteiger partial charge in [0.2, 0.25) is 0 Å². The highest BCUT2D eigenvalue weighted by Crippen LogP contribution is 2.26. The molecule has 1 heterocycles. The SMILES string of the molecule is COc1ccc(C2CN=C(NOCCO)C2)cc1. The van der Waals surface area contributed by atoms with Gasteiger partial charge in [-0.05, 0) is 17.7 Å². The Bertz CT molecular complexity index is 403. The van der Waals surface area contributed by atoms with Crippen LogP contribution in [0.1, 0.15) is 17.9 Å². The van der Waals surface area contributed by atoms with Crippen LogP contribution < -0.4 is 10.2 Å². The van der Waals surface area contributed by atoms with Gasteiger partial charge in [-0.25, -0.2) is 0 Å². The summed E-state index contributed by atoms with van der Waals surface area (Å²) in [6.45, 7) is 1.03. The van der Waals surface area contributed by atoms with Crippen LogP contribution in [0.2, 0.25) is 0 Å². The van der Waals surface area contributed by atoms with Crippen molar-refractivity contribution in [1.82, 2.24) is 5.48 Å². The van der Waals surface area contributed by atoms with Crippen LogP contribution in [0.5, 0.6) is 5.75 Å². The normalized spacial score (nSPS) is 18.6. The molecule has 1 unspecified atom stereocenters. The lowest BCUT2D eigenvalue weighted by Gasteiger charge is -2.10. The Kier molecular flexibility index (Phi) is 4.55. The second kappa shape index (κ2) is 6.37. The van der Waals surface area contributed by atoms with Gasteiger partial charge in [-0.3, -0.25) is 15.3 Å². The van der Waals surface area contributed by atoms with Crippen LogP contribution in [0.15, 0.2) is 29.3 Å². The summed E-state index contributed by atoms with van der Waals surface area (Å²) in [6.07, 6.45) is 0.831. The van der Waals surface area contributed by atoms with E-state index in [1.165, 1.54) is 5.56 Å². The van der Waals surface area contributed by atoms with Crippen molar-refractivity contribution in [2.45, 2.75) is 12.3 Å². The molecule has 0 aromatic heterocycles. The molecule has 0 aliphatic carbocycles. The zero-order chi connectivity index (χ0) is 12.8. The molecule has 2 N–H and O–H groups in total. The second-order valence-corrected chi connectivity index (χ2v) is 4.14. The largest absolute Gasteiger partial charge is 0.497 e. The molecule has 0 radical (unpaired) electrons. The number of hydrogen-bond acceptors (Lipinski definition) is 5. The first-order valence-corrected chi connectivity index (χ1v) is 5.99. The number of methoxy groups -OCH3 is 1. The summed E-state index contributed by atoms with van der Waals surface area (Å²) in [7, 11) is 1.66. The minimum atomic E-state index is 0.00217. The number of amidine groups is 1. The molecule has 0 bridgehead atoms. The third kappa shape index (κ3) is 3.21. The molecular formula is C13H18N2O3. The Morgan fingerprint density at radius 1 is 1.39 bits per heavy atom. The summed E-state index contributed by atoms with van der Waals surface area (Å²) in [4.78, 5) is 9.41. The fourth-order valence-corrected chi connectivity index (χ4v) is 1.94. The number of benzene rings is 1. The maximum atomic E-state index is 8.60. The summed E-state index contributed by atoms with van der Waals surface area (Å²) < 4.78 is 5.13. The zero-order valence-electron chi connectivity index (χ0n) is 10.4. The minimum absolute atomic E-state index is 0.00217. The van der Waals surface area contributed by atoms with E-state index in [1.54, 1.807) is 7.11 Å². The molecule has 0 spiro atoms. The van der Waals surface area contributed by atoms with Crippen molar-refractivity contribution in [3.63, 3.8) is 0 Å². The number of aliphatic hydroxyl groups excluding tert-OH is 1. The van der Waals surface area contributed by atoms with E-state index in [4.69, 9.17) is 14.7 Å². The number of hydroxylamine groups is 1. The molecular weight excluding hydrogens is 232 g/mol. The van der Waals surface area contributed by atoms with Gasteiger partial charge >= 0.3 is 0 Å². The van der Waals surface area contributed by atoms with Crippen molar-refractivity contribution < 1.29 is 14.7 Å². The number of aliphatic hydroxyl groups is 1. The quantitative estimate of drug-likeness (QED) is 0.606. The van der Waals surface area contributed by atoms with Gasteiger partial charge in [-0.1, -0.05) is 12.1 Å². The fourth-order valence-electron chi connectivity index (χ4n) is 1.94. The molecule has 1 aromatic carbocycles. The number of hydrogen-bond donors (Lipinski definition) is 2. The van der Waals surface area contributed by atoms with Crippen LogP contribution in [-0.4, -0.2) is 37.8 Å². The van der Waals surface area contributed by atoms with Gasteiger partial charge in [0.05, 0.1) is 20.3 Å². The maximum absolute atomic E-state index is 8.60. The standard InChI is InChI=1S/C13H18N2O3/c1-17-12-4-2-10(3-5-12)11-8-13(14-9-11)15-18-7-6-16/h2-5,11,16H,6-9H2,1H3,(H,14,15). The summed E-state index contributed by atoms with van der Waals surface area (Å²) >= 11 is 0. The van der Waals surface area contributed by atoms with Gasteiger partial charge in [-0.15, -0.1) is 0 Å². The van der Waals surface area contributed by atoms with Crippen molar-refractivity contribution in [2.24, 2.45) is 4.99 Å². The summed E-state index contributed by atoms with van der Waals surface area (Å²) in [5, 5.41) is 8.60. The van der Waals surface area contributed by atoms with Crippen molar-refractivity contribution in [2.75, 3.05) is 26.9 Å². The predicted molar refractivity (Wildman–Crippen MR) is 68.8 cm³/mol. The molecule has 98 valence electrons. The van der Waals surface area contributed by atoms with Gasteiger partial charge in [0, 0.05) is 18.9 Å². The smallest absolute Gasteiger partial charge is 0.121 e. The van der Waals surface area contributed by atoms with Gasteiger partial charge in [-0.2, -0.15) is 0 Å². The predicted octanol–water partition coefficient (Wildman–Crippen LogP) is 1.09. The Balaban J connectivity index is 1.85. The van der Waals surface area contributed by atoms with E-state index in [2.05, 4.69) is 22.6 Å². The molecule has 1 atom stereocenters. The average Bonchev–Trinajstić information content (AvgIpc) is 2.88. The summed E-state index contributed by atoms with van der Waals surface area (Å²) in [5.41, 5.74) is 4.02. The molecule has 18 heavy (non-hydrogen) atoms. The molecule has 0 saturated heterocycles. The molecule has 5 nitrogen and oxygen atoms in total. The second-order valence-electron chi connectivity index (χ2n) is 4.14. The minimum Gasteiger partial charge on any atom is -0.497 e. The molecule has 1 aromatic rings. The number of nitrogens with one attached hydrogen (secondary N) is 1. The van der Waals surface area contributed by atoms with Crippen LogP contribution in [-0.2, 0) is 4.84 Å². The Labute approximate surface area is 106 Å². The van der Waals surface area contributed by atoms with Crippen molar-refractivity contribution in [3.8, 4) is 5.75 Å². The molecule has 5 heteroatoms. The monoisotopic (exact) mass is 250 g/mol. The maximum Gasteiger partial charge on any atom is 0.121 e. The van der Waals surface area contributed by atoms with Crippen LogP contribution in [0, 0.1) is 0 Å². The van der Waals surface area contributed by atoms with E-state index >= 15 is 0 Å². The van der Waals surface area contributed by atoms with Gasteiger partial charge in [0.1, 0.15) is 11.6 Å². The van der Waals surface area contributed by atoms with E-state index in [1.807, 2.05) is 12.1 Å². The number of nitrogens with zero attached hydrogens (tertiary/aromatic N) is 1. The Morgan fingerprint density at radius 3 is 2.83 bits per heavy atom. The van der Waals surface area contributed by atoms with Crippen LogP contribution in [0.4, 0.5) is 0 Å².